The SMILES string of the molecule is CCOC(=O)c1cnn2ccc(N3C[C@H](O[Si](C)(C)C(C)(C)C)C[C@H]3c3cc(F)ccc3F)cc12. The highest BCUT2D eigenvalue weighted by Crippen LogP contribution is 2.43. The first-order chi connectivity index (χ1) is 16.4. The molecule has 0 bridgehead atoms. The maximum atomic E-state index is 14.9. The molecular weight excluding hydrogens is 468 g/mol. The lowest BCUT2D eigenvalue weighted by atomic mass is 10.0. The summed E-state index contributed by atoms with van der Waals surface area (Å²) < 4.78 is 42.6. The highest BCUT2D eigenvalue weighted by molar-refractivity contribution is 6.74. The third-order valence-electron chi connectivity index (χ3n) is 7.18. The van der Waals surface area contributed by atoms with Gasteiger partial charge in [0.2, 0.25) is 0 Å². The second kappa shape index (κ2) is 9.35. The fourth-order valence-electron chi connectivity index (χ4n) is 4.34. The smallest absolute Gasteiger partial charge is 0.341 e. The predicted molar refractivity (Wildman–Crippen MR) is 134 cm³/mol. The lowest BCUT2D eigenvalue weighted by molar-refractivity contribution is 0.0528. The molecule has 2 aromatic heterocycles. The first-order valence-electron chi connectivity index (χ1n) is 11.9. The van der Waals surface area contributed by atoms with Crippen LogP contribution in [0.2, 0.25) is 18.1 Å². The summed E-state index contributed by atoms with van der Waals surface area (Å²) in [5, 5.41) is 4.27. The summed E-state index contributed by atoms with van der Waals surface area (Å²) in [6.07, 6.45) is 3.62. The zero-order valence-electron chi connectivity index (χ0n) is 21.1. The largest absolute Gasteiger partial charge is 0.462 e. The van der Waals surface area contributed by atoms with E-state index in [9.17, 15) is 13.6 Å². The number of nitrogens with zero attached hydrogens (tertiary/aromatic N) is 3. The van der Waals surface area contributed by atoms with Crippen LogP contribution in [0.25, 0.3) is 5.52 Å². The summed E-state index contributed by atoms with van der Waals surface area (Å²) >= 11 is 0. The molecule has 0 radical (unpaired) electrons. The van der Waals surface area contributed by atoms with E-state index in [0.29, 0.717) is 29.6 Å². The Bertz CT molecular complexity index is 1240. The number of carbonyl (C=O) groups is 1. The van der Waals surface area contributed by atoms with E-state index in [-0.39, 0.29) is 17.7 Å². The van der Waals surface area contributed by atoms with Crippen molar-refractivity contribution < 1.29 is 22.7 Å². The number of pyridine rings is 1. The summed E-state index contributed by atoms with van der Waals surface area (Å²) in [6.45, 7) is 13.5. The molecule has 1 aliphatic heterocycles. The van der Waals surface area contributed by atoms with E-state index in [1.165, 1.54) is 18.3 Å². The number of hydrogen-bond acceptors (Lipinski definition) is 5. The number of carbonyl (C=O) groups excluding carboxylic acids is 1. The van der Waals surface area contributed by atoms with Crippen molar-refractivity contribution in [3.8, 4) is 0 Å². The zero-order chi connectivity index (χ0) is 25.5. The van der Waals surface area contributed by atoms with Crippen molar-refractivity contribution in [2.75, 3.05) is 18.1 Å². The quantitative estimate of drug-likeness (QED) is 0.300. The number of ether oxygens (including phenoxy) is 1. The monoisotopic (exact) mass is 501 g/mol. The Balaban J connectivity index is 1.75. The van der Waals surface area contributed by atoms with Gasteiger partial charge < -0.3 is 14.1 Å². The molecule has 1 aliphatic rings. The second-order valence-corrected chi connectivity index (χ2v) is 15.3. The first-order valence-corrected chi connectivity index (χ1v) is 14.9. The molecule has 9 heteroatoms. The van der Waals surface area contributed by atoms with Crippen molar-refractivity contribution in [2.24, 2.45) is 0 Å². The van der Waals surface area contributed by atoms with E-state index >= 15 is 0 Å². The molecule has 0 spiro atoms. The predicted octanol–water partition coefficient (Wildman–Crippen LogP) is 6.13. The van der Waals surface area contributed by atoms with Crippen molar-refractivity contribution in [3.63, 3.8) is 0 Å². The van der Waals surface area contributed by atoms with Gasteiger partial charge in [-0.2, -0.15) is 5.10 Å². The van der Waals surface area contributed by atoms with Gasteiger partial charge in [0.25, 0.3) is 0 Å². The fraction of sp³-hybridized carbons (Fsp3) is 0.462. The van der Waals surface area contributed by atoms with Gasteiger partial charge in [-0.25, -0.2) is 18.1 Å². The van der Waals surface area contributed by atoms with E-state index < -0.39 is 32.0 Å². The Morgan fingerprint density at radius 3 is 2.63 bits per heavy atom. The lowest BCUT2D eigenvalue weighted by Gasteiger charge is -2.38. The molecule has 6 nitrogen and oxygen atoms in total. The van der Waals surface area contributed by atoms with Crippen LogP contribution in [0.15, 0.2) is 42.7 Å². The molecule has 35 heavy (non-hydrogen) atoms. The topological polar surface area (TPSA) is 56.1 Å². The Morgan fingerprint density at radius 1 is 1.20 bits per heavy atom. The molecule has 3 aromatic rings. The normalized spacial score (nSPS) is 18.9. The van der Waals surface area contributed by atoms with Crippen LogP contribution in [0.5, 0.6) is 0 Å². The van der Waals surface area contributed by atoms with E-state index in [2.05, 4.69) is 39.0 Å². The van der Waals surface area contributed by atoms with Crippen LogP contribution in [-0.4, -0.2) is 43.2 Å². The van der Waals surface area contributed by atoms with Gasteiger partial charge in [-0.1, -0.05) is 20.8 Å². The van der Waals surface area contributed by atoms with Crippen molar-refractivity contribution in [1.29, 1.82) is 0 Å². The van der Waals surface area contributed by atoms with Crippen LogP contribution in [-0.2, 0) is 9.16 Å². The number of benzene rings is 1. The van der Waals surface area contributed by atoms with E-state index in [0.717, 1.165) is 11.8 Å². The Morgan fingerprint density at radius 2 is 1.94 bits per heavy atom. The molecule has 4 rings (SSSR count). The third kappa shape index (κ3) is 4.97. The van der Waals surface area contributed by atoms with Gasteiger partial charge in [0.1, 0.15) is 17.2 Å². The van der Waals surface area contributed by atoms with Gasteiger partial charge in [0, 0.05) is 24.0 Å². The van der Waals surface area contributed by atoms with Crippen LogP contribution in [0.3, 0.4) is 0 Å². The minimum absolute atomic E-state index is 0.0189. The Labute approximate surface area is 206 Å². The van der Waals surface area contributed by atoms with Crippen LogP contribution in [0.4, 0.5) is 14.5 Å². The Hall–Kier alpha value is -2.78. The number of anilines is 1. The first kappa shape index (κ1) is 25.3. The summed E-state index contributed by atoms with van der Waals surface area (Å²) in [6, 6.07) is 6.86. The third-order valence-corrected chi connectivity index (χ3v) is 11.7. The second-order valence-electron chi connectivity index (χ2n) is 10.6. The average Bonchev–Trinajstić information content (AvgIpc) is 3.38. The molecule has 0 amide bonds. The maximum absolute atomic E-state index is 14.9. The van der Waals surface area contributed by atoms with Crippen molar-refractivity contribution in [3.05, 3.63) is 65.5 Å². The molecule has 1 saturated heterocycles. The molecule has 1 fully saturated rings. The van der Waals surface area contributed by atoms with Crippen LogP contribution >= 0.6 is 0 Å². The summed E-state index contributed by atoms with van der Waals surface area (Å²) in [5.74, 6) is -1.38. The van der Waals surface area contributed by atoms with Gasteiger partial charge in [-0.05, 0) is 61.8 Å². The molecule has 0 saturated carbocycles. The number of hydrogen-bond donors (Lipinski definition) is 0. The van der Waals surface area contributed by atoms with E-state index in [1.54, 1.807) is 17.6 Å². The Kier molecular flexibility index (Phi) is 6.76. The van der Waals surface area contributed by atoms with Crippen molar-refractivity contribution in [2.45, 2.75) is 64.4 Å². The van der Waals surface area contributed by atoms with Gasteiger partial charge in [-0.15, -0.1) is 0 Å². The molecule has 3 heterocycles. The molecular formula is C26H33F2N3O3Si. The van der Waals surface area contributed by atoms with Crippen molar-refractivity contribution in [1.82, 2.24) is 9.61 Å². The molecule has 0 unspecified atom stereocenters. The van der Waals surface area contributed by atoms with Gasteiger partial charge in [-0.3, -0.25) is 0 Å². The molecule has 0 N–H and O–H groups in total. The molecule has 1 aromatic carbocycles. The van der Waals surface area contributed by atoms with Crippen LogP contribution < -0.4 is 4.90 Å². The standard InChI is InChI=1S/C26H33F2N3O3Si/c1-7-33-25(32)21-15-29-31-11-10-18(13-24(21)31)30-16-19(34-35(5,6)26(2,3)4)14-23(30)20-12-17(27)8-9-22(20)28/h8-13,15,19,23H,7,14,16H2,1-6H3/t19-,23+/m1/s1. The highest BCUT2D eigenvalue weighted by atomic mass is 28.4. The molecule has 0 aliphatic carbocycles. The maximum Gasteiger partial charge on any atom is 0.341 e. The van der Waals surface area contributed by atoms with Gasteiger partial charge in [0.15, 0.2) is 8.32 Å². The number of halogens is 2. The van der Waals surface area contributed by atoms with E-state index in [4.69, 9.17) is 9.16 Å². The molecule has 188 valence electrons. The van der Waals surface area contributed by atoms with Gasteiger partial charge >= 0.3 is 5.97 Å². The minimum Gasteiger partial charge on any atom is -0.462 e. The van der Waals surface area contributed by atoms with Crippen LogP contribution in [0.1, 0.15) is 56.1 Å². The zero-order valence-corrected chi connectivity index (χ0v) is 22.1. The number of rotatable bonds is 6. The fourth-order valence-corrected chi connectivity index (χ4v) is 5.70. The minimum atomic E-state index is -2.09. The van der Waals surface area contributed by atoms with Crippen LogP contribution in [0, 0.1) is 11.6 Å². The van der Waals surface area contributed by atoms with Crippen molar-refractivity contribution >= 4 is 25.5 Å². The number of aromatic nitrogens is 2. The number of fused-ring (bicyclic) bond motifs is 1. The summed E-state index contributed by atoms with van der Waals surface area (Å²) in [7, 11) is -2.09. The highest BCUT2D eigenvalue weighted by Gasteiger charge is 2.43. The van der Waals surface area contributed by atoms with E-state index in [1.807, 2.05) is 17.0 Å². The lowest BCUT2D eigenvalue weighted by Crippen LogP contribution is -2.44. The number of esters is 1. The summed E-state index contributed by atoms with van der Waals surface area (Å²) in [4.78, 5) is 14.5. The van der Waals surface area contributed by atoms with Gasteiger partial charge in [0.05, 0.1) is 30.5 Å². The molecule has 2 atom stereocenters. The average molecular weight is 502 g/mol. The summed E-state index contributed by atoms with van der Waals surface area (Å²) in [5.41, 5.74) is 2.02.